The van der Waals surface area contributed by atoms with Gasteiger partial charge >= 0.3 is 0 Å². The molecular weight excluding hydrogens is 302 g/mol. The molecule has 0 bridgehead atoms. The molecule has 1 atom stereocenters. The molecule has 118 valence electrons. The van der Waals surface area contributed by atoms with Gasteiger partial charge in [-0.1, -0.05) is 5.16 Å². The summed E-state index contributed by atoms with van der Waals surface area (Å²) in [6.45, 7) is 4.32. The van der Waals surface area contributed by atoms with Gasteiger partial charge in [-0.05, 0) is 13.0 Å². The third-order valence-electron chi connectivity index (χ3n) is 3.73. The zero-order chi connectivity index (χ0) is 15.4. The van der Waals surface area contributed by atoms with Gasteiger partial charge in [-0.15, -0.1) is 0 Å². The van der Waals surface area contributed by atoms with E-state index >= 15 is 0 Å². The summed E-state index contributed by atoms with van der Waals surface area (Å²) in [5.74, 6) is 2.65. The Bertz CT molecular complexity index is 605. The van der Waals surface area contributed by atoms with Gasteiger partial charge in [-0.3, -0.25) is 9.69 Å². The van der Waals surface area contributed by atoms with Crippen molar-refractivity contribution >= 4 is 17.7 Å². The van der Waals surface area contributed by atoms with Crippen LogP contribution in [-0.2, 0) is 0 Å². The summed E-state index contributed by atoms with van der Waals surface area (Å²) in [6, 6.07) is 3.72. The minimum atomic E-state index is -0.211. The molecule has 22 heavy (non-hydrogen) atoms. The van der Waals surface area contributed by atoms with Gasteiger partial charge < -0.3 is 14.3 Å². The molecule has 1 amide bonds. The van der Waals surface area contributed by atoms with Crippen molar-refractivity contribution in [2.75, 3.05) is 31.1 Å². The van der Waals surface area contributed by atoms with Crippen molar-refractivity contribution in [3.05, 3.63) is 41.7 Å². The van der Waals surface area contributed by atoms with Gasteiger partial charge in [0.2, 0.25) is 0 Å². The maximum absolute atomic E-state index is 12.1. The smallest absolute Gasteiger partial charge is 0.273 e. The van der Waals surface area contributed by atoms with E-state index in [1.807, 2.05) is 17.8 Å². The molecule has 0 spiro atoms. The fraction of sp³-hybridized carbons (Fsp3) is 0.467. The monoisotopic (exact) mass is 321 g/mol. The molecule has 1 fully saturated rings. The molecule has 7 heteroatoms. The summed E-state index contributed by atoms with van der Waals surface area (Å²) >= 11 is 1.96. The van der Waals surface area contributed by atoms with Crippen LogP contribution in [0.3, 0.4) is 0 Å². The Labute approximate surface area is 133 Å². The minimum absolute atomic E-state index is 0.122. The topological polar surface area (TPSA) is 71.5 Å². The number of aryl methyl sites for hydroxylation is 1. The third-order valence-corrected chi connectivity index (χ3v) is 4.67. The van der Waals surface area contributed by atoms with E-state index in [1.54, 1.807) is 25.5 Å². The molecule has 0 aliphatic carbocycles. The lowest BCUT2D eigenvalue weighted by molar-refractivity contribution is 0.0925. The third kappa shape index (κ3) is 3.53. The summed E-state index contributed by atoms with van der Waals surface area (Å²) in [7, 11) is 0. The maximum atomic E-state index is 12.1. The molecule has 0 saturated carbocycles. The Morgan fingerprint density at radius 1 is 1.50 bits per heavy atom. The van der Waals surface area contributed by atoms with Crippen molar-refractivity contribution in [2.24, 2.45) is 0 Å². The summed E-state index contributed by atoms with van der Waals surface area (Å²) in [4.78, 5) is 14.5. The lowest BCUT2D eigenvalue weighted by atomic mass is 10.1. The van der Waals surface area contributed by atoms with E-state index in [2.05, 4.69) is 15.4 Å². The minimum Gasteiger partial charge on any atom is -0.472 e. The van der Waals surface area contributed by atoms with Crippen LogP contribution in [-0.4, -0.2) is 47.1 Å². The van der Waals surface area contributed by atoms with Crippen LogP contribution in [0.5, 0.6) is 0 Å². The van der Waals surface area contributed by atoms with Gasteiger partial charge in [-0.25, -0.2) is 0 Å². The van der Waals surface area contributed by atoms with Gasteiger partial charge in [0, 0.05) is 42.8 Å². The zero-order valence-electron chi connectivity index (χ0n) is 12.4. The highest BCUT2D eigenvalue weighted by Gasteiger charge is 2.24. The molecule has 2 aromatic heterocycles. The second-order valence-electron chi connectivity index (χ2n) is 5.25. The van der Waals surface area contributed by atoms with Crippen molar-refractivity contribution in [2.45, 2.75) is 13.0 Å². The standard InChI is InChI=1S/C15H19N3O3S/c1-11-8-13(17-21-11)15(19)16-9-14(12-2-5-20-10-12)18-3-6-22-7-4-18/h2,5,8,10,14H,3-4,6-7,9H2,1H3,(H,16,19)/t14-/m0/s1. The number of hydrogen-bond acceptors (Lipinski definition) is 6. The fourth-order valence-electron chi connectivity index (χ4n) is 2.56. The van der Waals surface area contributed by atoms with Crippen molar-refractivity contribution in [1.29, 1.82) is 0 Å². The lowest BCUT2D eigenvalue weighted by Gasteiger charge is -2.33. The summed E-state index contributed by atoms with van der Waals surface area (Å²) in [5.41, 5.74) is 1.40. The number of carbonyl (C=O) groups is 1. The molecule has 2 aromatic rings. The average Bonchev–Trinajstić information content (AvgIpc) is 3.20. The first-order chi connectivity index (χ1) is 10.7. The van der Waals surface area contributed by atoms with Crippen LogP contribution >= 0.6 is 11.8 Å². The molecule has 1 aliphatic rings. The molecule has 3 heterocycles. The summed E-state index contributed by atoms with van der Waals surface area (Å²) in [6.07, 6.45) is 3.42. The first-order valence-electron chi connectivity index (χ1n) is 7.29. The van der Waals surface area contributed by atoms with E-state index in [4.69, 9.17) is 8.94 Å². The summed E-state index contributed by atoms with van der Waals surface area (Å²) < 4.78 is 10.2. The molecule has 3 rings (SSSR count). The van der Waals surface area contributed by atoms with E-state index in [1.165, 1.54) is 0 Å². The van der Waals surface area contributed by atoms with Crippen LogP contribution in [0.25, 0.3) is 0 Å². The van der Waals surface area contributed by atoms with E-state index in [9.17, 15) is 4.79 Å². The number of rotatable bonds is 5. The van der Waals surface area contributed by atoms with Crippen LogP contribution in [0.1, 0.15) is 27.9 Å². The largest absolute Gasteiger partial charge is 0.472 e. The van der Waals surface area contributed by atoms with Crippen LogP contribution in [0.2, 0.25) is 0 Å². The van der Waals surface area contributed by atoms with Crippen molar-refractivity contribution in [3.63, 3.8) is 0 Å². The molecule has 6 nitrogen and oxygen atoms in total. The molecule has 1 saturated heterocycles. The van der Waals surface area contributed by atoms with Crippen LogP contribution in [0.4, 0.5) is 0 Å². The van der Waals surface area contributed by atoms with Crippen LogP contribution in [0.15, 0.2) is 33.6 Å². The molecule has 1 N–H and O–H groups in total. The van der Waals surface area contributed by atoms with E-state index in [0.717, 1.165) is 30.2 Å². The fourth-order valence-corrected chi connectivity index (χ4v) is 3.50. The Hall–Kier alpha value is -1.73. The number of carbonyl (C=O) groups excluding carboxylic acids is 1. The van der Waals surface area contributed by atoms with Crippen molar-refractivity contribution < 1.29 is 13.7 Å². The first kappa shape index (κ1) is 15.2. The molecule has 0 radical (unpaired) electrons. The number of hydrogen-bond donors (Lipinski definition) is 1. The van der Waals surface area contributed by atoms with Gasteiger partial charge in [0.25, 0.3) is 5.91 Å². The highest BCUT2D eigenvalue weighted by Crippen LogP contribution is 2.24. The zero-order valence-corrected chi connectivity index (χ0v) is 13.3. The number of aromatic nitrogens is 1. The summed E-state index contributed by atoms with van der Waals surface area (Å²) in [5, 5.41) is 6.69. The first-order valence-corrected chi connectivity index (χ1v) is 8.45. The molecule has 1 aliphatic heterocycles. The van der Waals surface area contributed by atoms with Gasteiger partial charge in [0.15, 0.2) is 5.69 Å². The normalized spacial score (nSPS) is 17.3. The van der Waals surface area contributed by atoms with Gasteiger partial charge in [-0.2, -0.15) is 11.8 Å². The predicted molar refractivity (Wildman–Crippen MR) is 83.9 cm³/mol. The Kier molecular flexibility index (Phi) is 4.84. The number of nitrogens with zero attached hydrogens (tertiary/aromatic N) is 2. The molecular formula is C15H19N3O3S. The van der Waals surface area contributed by atoms with Crippen molar-refractivity contribution in [1.82, 2.24) is 15.4 Å². The number of nitrogens with one attached hydrogen (secondary N) is 1. The van der Waals surface area contributed by atoms with E-state index in [0.29, 0.717) is 18.0 Å². The Balaban J connectivity index is 1.66. The second kappa shape index (κ2) is 7.02. The number of amides is 1. The highest BCUT2D eigenvalue weighted by molar-refractivity contribution is 7.99. The second-order valence-corrected chi connectivity index (χ2v) is 6.48. The highest BCUT2D eigenvalue weighted by atomic mass is 32.2. The van der Waals surface area contributed by atoms with Crippen molar-refractivity contribution in [3.8, 4) is 0 Å². The number of thioether (sulfide) groups is 1. The lowest BCUT2D eigenvalue weighted by Crippen LogP contribution is -2.42. The number of furan rings is 1. The van der Waals surface area contributed by atoms with Gasteiger partial charge in [0.1, 0.15) is 5.76 Å². The quantitative estimate of drug-likeness (QED) is 0.909. The Morgan fingerprint density at radius 2 is 2.32 bits per heavy atom. The Morgan fingerprint density at radius 3 is 2.95 bits per heavy atom. The van der Waals surface area contributed by atoms with E-state index in [-0.39, 0.29) is 11.9 Å². The van der Waals surface area contributed by atoms with Gasteiger partial charge in [0.05, 0.1) is 18.6 Å². The average molecular weight is 321 g/mol. The molecule has 0 aromatic carbocycles. The molecule has 0 unspecified atom stereocenters. The van der Waals surface area contributed by atoms with E-state index < -0.39 is 0 Å². The maximum Gasteiger partial charge on any atom is 0.273 e. The van der Waals surface area contributed by atoms with Crippen LogP contribution < -0.4 is 5.32 Å². The SMILES string of the molecule is Cc1cc(C(=O)NC[C@@H](c2ccoc2)N2CCSCC2)no1. The van der Waals surface area contributed by atoms with Crippen LogP contribution in [0, 0.1) is 6.92 Å². The predicted octanol–water partition coefficient (Wildman–Crippen LogP) is 2.10.